The van der Waals surface area contributed by atoms with Crippen LogP contribution in [0.3, 0.4) is 0 Å². The van der Waals surface area contributed by atoms with E-state index >= 15 is 0 Å². The van der Waals surface area contributed by atoms with Gasteiger partial charge in [-0.05, 0) is 40.5 Å². The molecule has 0 unspecified atom stereocenters. The summed E-state index contributed by atoms with van der Waals surface area (Å²) in [5, 5.41) is 8.18. The summed E-state index contributed by atoms with van der Waals surface area (Å²) in [6, 6.07) is 4.30. The largest absolute Gasteiger partial charge is 0.486 e. The molecule has 0 amide bonds. The van der Waals surface area contributed by atoms with E-state index in [0.717, 1.165) is 23.7 Å². The number of benzene rings is 1. The molecule has 2 rings (SSSR count). The van der Waals surface area contributed by atoms with Crippen LogP contribution in [0.25, 0.3) is 0 Å². The number of anilines is 1. The lowest BCUT2D eigenvalue weighted by Gasteiger charge is -2.08. The predicted octanol–water partition coefficient (Wildman–Crippen LogP) is 3.84. The van der Waals surface area contributed by atoms with E-state index in [1.54, 1.807) is 6.07 Å². The van der Waals surface area contributed by atoms with Gasteiger partial charge in [0.15, 0.2) is 0 Å². The standard InChI is InChI=1S/C12H13BrFN3OS/c1-2-5-15-12-10(16-17-19-12)7-18-11-4-3-8(14)6-9(11)13/h3-4,6,15H,2,5,7H2,1H3. The van der Waals surface area contributed by atoms with Crippen molar-refractivity contribution in [2.75, 3.05) is 11.9 Å². The van der Waals surface area contributed by atoms with Crippen LogP contribution in [0.2, 0.25) is 0 Å². The highest BCUT2D eigenvalue weighted by molar-refractivity contribution is 9.10. The zero-order chi connectivity index (χ0) is 13.7. The Morgan fingerprint density at radius 3 is 3.05 bits per heavy atom. The molecule has 19 heavy (non-hydrogen) atoms. The summed E-state index contributed by atoms with van der Waals surface area (Å²) in [7, 11) is 0. The lowest BCUT2D eigenvalue weighted by Crippen LogP contribution is -2.04. The maximum absolute atomic E-state index is 12.9. The number of nitrogens with zero attached hydrogens (tertiary/aromatic N) is 2. The second-order valence-corrected chi connectivity index (χ2v) is 5.45. The Morgan fingerprint density at radius 1 is 1.47 bits per heavy atom. The van der Waals surface area contributed by atoms with E-state index in [1.165, 1.54) is 23.7 Å². The molecule has 2 aromatic rings. The molecule has 1 aromatic carbocycles. The molecule has 0 radical (unpaired) electrons. The van der Waals surface area contributed by atoms with Crippen LogP contribution in [0, 0.1) is 5.82 Å². The first-order chi connectivity index (χ1) is 9.20. The number of hydrogen-bond acceptors (Lipinski definition) is 5. The number of hydrogen-bond donors (Lipinski definition) is 1. The Balaban J connectivity index is 2.00. The SMILES string of the molecule is CCCNc1snnc1COc1ccc(F)cc1Br. The summed E-state index contributed by atoms with van der Waals surface area (Å²) in [6.07, 6.45) is 1.03. The van der Waals surface area contributed by atoms with Crippen LogP contribution >= 0.6 is 27.5 Å². The van der Waals surface area contributed by atoms with Crippen LogP contribution in [-0.4, -0.2) is 16.1 Å². The van der Waals surface area contributed by atoms with Crippen molar-refractivity contribution in [2.45, 2.75) is 20.0 Å². The average Bonchev–Trinajstić information content (AvgIpc) is 2.83. The molecule has 0 saturated carbocycles. The second kappa shape index (κ2) is 6.81. The molecular formula is C12H13BrFN3OS. The number of ether oxygens (including phenoxy) is 1. The molecule has 0 bridgehead atoms. The normalized spacial score (nSPS) is 10.5. The fourth-order valence-electron chi connectivity index (χ4n) is 1.41. The van der Waals surface area contributed by atoms with E-state index < -0.39 is 0 Å². The molecule has 7 heteroatoms. The quantitative estimate of drug-likeness (QED) is 0.863. The van der Waals surface area contributed by atoms with Crippen molar-refractivity contribution >= 4 is 32.5 Å². The van der Waals surface area contributed by atoms with Gasteiger partial charge in [0.1, 0.15) is 28.9 Å². The van der Waals surface area contributed by atoms with Gasteiger partial charge in [-0.3, -0.25) is 0 Å². The van der Waals surface area contributed by atoms with Gasteiger partial charge in [-0.2, -0.15) is 0 Å². The third-order valence-electron chi connectivity index (χ3n) is 2.35. The van der Waals surface area contributed by atoms with Gasteiger partial charge in [0, 0.05) is 18.1 Å². The summed E-state index contributed by atoms with van der Waals surface area (Å²) >= 11 is 4.57. The van der Waals surface area contributed by atoms with Gasteiger partial charge >= 0.3 is 0 Å². The molecule has 4 nitrogen and oxygen atoms in total. The molecule has 102 valence electrons. The van der Waals surface area contributed by atoms with E-state index in [4.69, 9.17) is 4.74 Å². The lowest BCUT2D eigenvalue weighted by atomic mass is 10.3. The van der Waals surface area contributed by atoms with Crippen LogP contribution in [0.1, 0.15) is 19.0 Å². The van der Waals surface area contributed by atoms with Crippen LogP contribution < -0.4 is 10.1 Å². The average molecular weight is 346 g/mol. The van der Waals surface area contributed by atoms with Crippen LogP contribution in [0.15, 0.2) is 22.7 Å². The molecule has 0 saturated heterocycles. The second-order valence-electron chi connectivity index (χ2n) is 3.84. The number of halogens is 2. The summed E-state index contributed by atoms with van der Waals surface area (Å²) in [6.45, 7) is 3.26. The fraction of sp³-hybridized carbons (Fsp3) is 0.333. The minimum atomic E-state index is -0.306. The predicted molar refractivity (Wildman–Crippen MR) is 77.1 cm³/mol. The first-order valence-electron chi connectivity index (χ1n) is 5.83. The first-order valence-corrected chi connectivity index (χ1v) is 7.40. The van der Waals surface area contributed by atoms with Crippen LogP contribution in [0.5, 0.6) is 5.75 Å². The molecule has 1 aromatic heterocycles. The van der Waals surface area contributed by atoms with E-state index in [1.807, 2.05) is 0 Å². The highest BCUT2D eigenvalue weighted by atomic mass is 79.9. The Morgan fingerprint density at radius 2 is 2.32 bits per heavy atom. The first kappa shape index (κ1) is 14.2. The van der Waals surface area contributed by atoms with E-state index in [-0.39, 0.29) is 5.82 Å². The Bertz CT molecular complexity index is 550. The summed E-state index contributed by atoms with van der Waals surface area (Å²) in [5.74, 6) is 0.274. The molecule has 0 spiro atoms. The van der Waals surface area contributed by atoms with Gasteiger partial charge in [0.2, 0.25) is 0 Å². The molecule has 0 fully saturated rings. The van der Waals surface area contributed by atoms with Crippen LogP contribution in [-0.2, 0) is 6.61 Å². The maximum Gasteiger partial charge on any atom is 0.136 e. The van der Waals surface area contributed by atoms with Gasteiger partial charge in [-0.1, -0.05) is 11.4 Å². The molecule has 0 aliphatic heterocycles. The molecule has 0 atom stereocenters. The third-order valence-corrected chi connectivity index (χ3v) is 3.70. The monoisotopic (exact) mass is 345 g/mol. The van der Waals surface area contributed by atoms with Crippen molar-refractivity contribution in [2.24, 2.45) is 0 Å². The highest BCUT2D eigenvalue weighted by Gasteiger charge is 2.09. The lowest BCUT2D eigenvalue weighted by molar-refractivity contribution is 0.299. The third kappa shape index (κ3) is 3.87. The minimum absolute atomic E-state index is 0.298. The van der Waals surface area contributed by atoms with Crippen molar-refractivity contribution in [1.82, 2.24) is 9.59 Å². The van der Waals surface area contributed by atoms with Crippen molar-refractivity contribution < 1.29 is 9.13 Å². The topological polar surface area (TPSA) is 47.0 Å². The van der Waals surface area contributed by atoms with Gasteiger partial charge in [0.25, 0.3) is 0 Å². The molecule has 1 heterocycles. The number of aromatic nitrogens is 2. The Labute approximate surface area is 123 Å². The molecule has 1 N–H and O–H groups in total. The van der Waals surface area contributed by atoms with Crippen LogP contribution in [0.4, 0.5) is 9.39 Å². The van der Waals surface area contributed by atoms with Gasteiger partial charge in [0.05, 0.1) is 4.47 Å². The minimum Gasteiger partial charge on any atom is -0.486 e. The summed E-state index contributed by atoms with van der Waals surface area (Å²) < 4.78 is 23.0. The van der Waals surface area contributed by atoms with Crippen molar-refractivity contribution in [1.29, 1.82) is 0 Å². The van der Waals surface area contributed by atoms with E-state index in [0.29, 0.717) is 16.8 Å². The number of rotatable bonds is 6. The van der Waals surface area contributed by atoms with Gasteiger partial charge in [-0.15, -0.1) is 5.10 Å². The van der Waals surface area contributed by atoms with E-state index in [2.05, 4.69) is 37.8 Å². The van der Waals surface area contributed by atoms with Gasteiger partial charge in [-0.25, -0.2) is 4.39 Å². The summed E-state index contributed by atoms with van der Waals surface area (Å²) in [5.41, 5.74) is 0.759. The number of nitrogens with one attached hydrogen (secondary N) is 1. The highest BCUT2D eigenvalue weighted by Crippen LogP contribution is 2.27. The smallest absolute Gasteiger partial charge is 0.136 e. The van der Waals surface area contributed by atoms with E-state index in [9.17, 15) is 4.39 Å². The van der Waals surface area contributed by atoms with Crippen molar-refractivity contribution in [3.63, 3.8) is 0 Å². The summed E-state index contributed by atoms with van der Waals surface area (Å²) in [4.78, 5) is 0. The molecular weight excluding hydrogens is 333 g/mol. The Hall–Kier alpha value is -1.21. The maximum atomic E-state index is 12.9. The molecule has 0 aliphatic carbocycles. The molecule has 0 aliphatic rings. The van der Waals surface area contributed by atoms with Crippen molar-refractivity contribution in [3.05, 3.63) is 34.2 Å². The van der Waals surface area contributed by atoms with Gasteiger partial charge < -0.3 is 10.1 Å². The Kier molecular flexibility index (Phi) is 5.09. The zero-order valence-electron chi connectivity index (χ0n) is 10.3. The zero-order valence-corrected chi connectivity index (χ0v) is 12.7. The fourth-order valence-corrected chi connectivity index (χ4v) is 2.47. The van der Waals surface area contributed by atoms with Crippen molar-refractivity contribution in [3.8, 4) is 5.75 Å².